The van der Waals surface area contributed by atoms with Crippen molar-refractivity contribution >= 4 is 33.4 Å². The van der Waals surface area contributed by atoms with Crippen LogP contribution in [0.4, 0.5) is 5.69 Å². The van der Waals surface area contributed by atoms with E-state index in [0.29, 0.717) is 18.7 Å². The van der Waals surface area contributed by atoms with E-state index in [9.17, 15) is 14.4 Å². The highest BCUT2D eigenvalue weighted by Crippen LogP contribution is 2.23. The molecular weight excluding hydrogens is 448 g/mol. The Balaban J connectivity index is 1.53. The third-order valence-corrected chi connectivity index (χ3v) is 5.44. The standard InChI is InChI=1S/C22H19BrN4O3/c23-15-8-10-16(11-9-15)26-14-4-7-19(22(26)30)24-21(29)18-12-13-20(28)27(25-18)17-5-2-1-3-6-17/h1-3,5-6,8-13,19H,4,7,14H2,(H,24,29). The number of para-hydroxylation sites is 1. The van der Waals surface area contributed by atoms with Crippen molar-refractivity contribution < 1.29 is 9.59 Å². The molecule has 8 heteroatoms. The van der Waals surface area contributed by atoms with Gasteiger partial charge in [-0.25, -0.2) is 0 Å². The molecule has 1 atom stereocenters. The number of carbonyl (C=O) groups is 2. The Morgan fingerprint density at radius 1 is 0.967 bits per heavy atom. The Labute approximate surface area is 181 Å². The number of anilines is 1. The van der Waals surface area contributed by atoms with Gasteiger partial charge in [0, 0.05) is 22.8 Å². The van der Waals surface area contributed by atoms with Gasteiger partial charge in [0.1, 0.15) is 11.7 Å². The molecule has 152 valence electrons. The second kappa shape index (κ2) is 8.62. The molecule has 4 rings (SSSR count). The molecule has 2 amide bonds. The third kappa shape index (κ3) is 4.18. The molecule has 1 saturated heterocycles. The number of carbonyl (C=O) groups excluding carboxylic acids is 2. The number of nitrogens with one attached hydrogen (secondary N) is 1. The summed E-state index contributed by atoms with van der Waals surface area (Å²) in [6.07, 6.45) is 1.32. The van der Waals surface area contributed by atoms with Gasteiger partial charge in [-0.15, -0.1) is 0 Å². The summed E-state index contributed by atoms with van der Waals surface area (Å²) in [7, 11) is 0. The van der Waals surface area contributed by atoms with Crippen LogP contribution in [0.1, 0.15) is 23.3 Å². The lowest BCUT2D eigenvalue weighted by Crippen LogP contribution is -2.52. The molecule has 0 aliphatic carbocycles. The summed E-state index contributed by atoms with van der Waals surface area (Å²) in [5.74, 6) is -0.649. The largest absolute Gasteiger partial charge is 0.339 e. The molecule has 3 aromatic rings. The fourth-order valence-corrected chi connectivity index (χ4v) is 3.67. The molecular formula is C22H19BrN4O3. The molecule has 0 saturated carbocycles. The van der Waals surface area contributed by atoms with Gasteiger partial charge < -0.3 is 10.2 Å². The lowest BCUT2D eigenvalue weighted by Gasteiger charge is -2.32. The van der Waals surface area contributed by atoms with E-state index in [1.54, 1.807) is 29.2 Å². The highest BCUT2D eigenvalue weighted by atomic mass is 79.9. The maximum absolute atomic E-state index is 12.9. The van der Waals surface area contributed by atoms with E-state index < -0.39 is 11.9 Å². The van der Waals surface area contributed by atoms with Gasteiger partial charge in [-0.1, -0.05) is 34.1 Å². The van der Waals surface area contributed by atoms with Crippen LogP contribution >= 0.6 is 15.9 Å². The monoisotopic (exact) mass is 466 g/mol. The molecule has 0 spiro atoms. The van der Waals surface area contributed by atoms with Gasteiger partial charge in [-0.05, 0) is 55.3 Å². The molecule has 1 unspecified atom stereocenters. The van der Waals surface area contributed by atoms with Crippen LogP contribution < -0.4 is 15.8 Å². The first-order valence-electron chi connectivity index (χ1n) is 9.56. The van der Waals surface area contributed by atoms with Gasteiger partial charge in [0.15, 0.2) is 0 Å². The molecule has 0 bridgehead atoms. The molecule has 30 heavy (non-hydrogen) atoms. The van der Waals surface area contributed by atoms with Crippen molar-refractivity contribution in [1.29, 1.82) is 0 Å². The first-order chi connectivity index (χ1) is 14.5. The zero-order valence-corrected chi connectivity index (χ0v) is 17.6. The Bertz CT molecular complexity index is 1130. The van der Waals surface area contributed by atoms with Crippen molar-refractivity contribution in [3.8, 4) is 5.69 Å². The smallest absolute Gasteiger partial charge is 0.272 e. The molecule has 2 aromatic carbocycles. The van der Waals surface area contributed by atoms with Crippen molar-refractivity contribution in [3.05, 3.63) is 87.3 Å². The van der Waals surface area contributed by atoms with Crippen molar-refractivity contribution in [2.75, 3.05) is 11.4 Å². The van der Waals surface area contributed by atoms with E-state index >= 15 is 0 Å². The van der Waals surface area contributed by atoms with E-state index in [4.69, 9.17) is 0 Å². The number of nitrogens with zero attached hydrogens (tertiary/aromatic N) is 3. The normalized spacial score (nSPS) is 16.4. The first-order valence-corrected chi connectivity index (χ1v) is 10.4. The van der Waals surface area contributed by atoms with Crippen LogP contribution in [0.2, 0.25) is 0 Å². The average Bonchev–Trinajstić information content (AvgIpc) is 2.77. The maximum Gasteiger partial charge on any atom is 0.272 e. The van der Waals surface area contributed by atoms with Crippen LogP contribution in [-0.2, 0) is 4.79 Å². The predicted molar refractivity (Wildman–Crippen MR) is 117 cm³/mol. The minimum atomic E-state index is -0.645. The lowest BCUT2D eigenvalue weighted by molar-refractivity contribution is -0.121. The highest BCUT2D eigenvalue weighted by Gasteiger charge is 2.31. The van der Waals surface area contributed by atoms with E-state index in [-0.39, 0.29) is 17.2 Å². The van der Waals surface area contributed by atoms with Crippen LogP contribution in [0.25, 0.3) is 5.69 Å². The second-order valence-corrected chi connectivity index (χ2v) is 7.85. The van der Waals surface area contributed by atoms with Gasteiger partial charge in [0.2, 0.25) is 5.91 Å². The fraction of sp³-hybridized carbons (Fsp3) is 0.182. The van der Waals surface area contributed by atoms with E-state index in [2.05, 4.69) is 26.3 Å². The lowest BCUT2D eigenvalue weighted by atomic mass is 10.0. The first kappa shape index (κ1) is 20.0. The molecule has 0 radical (unpaired) electrons. The van der Waals surface area contributed by atoms with Gasteiger partial charge in [0.25, 0.3) is 11.5 Å². The topological polar surface area (TPSA) is 84.3 Å². The zero-order chi connectivity index (χ0) is 21.1. The van der Waals surface area contributed by atoms with Gasteiger partial charge in [-0.3, -0.25) is 14.4 Å². The van der Waals surface area contributed by atoms with Crippen molar-refractivity contribution in [2.24, 2.45) is 0 Å². The van der Waals surface area contributed by atoms with Gasteiger partial charge in [-0.2, -0.15) is 9.78 Å². The summed E-state index contributed by atoms with van der Waals surface area (Å²) < 4.78 is 2.10. The van der Waals surface area contributed by atoms with Crippen molar-refractivity contribution in [3.63, 3.8) is 0 Å². The minimum absolute atomic E-state index is 0.0759. The Kier molecular flexibility index (Phi) is 5.76. The maximum atomic E-state index is 12.9. The fourth-order valence-electron chi connectivity index (χ4n) is 3.41. The van der Waals surface area contributed by atoms with E-state index in [1.165, 1.54) is 16.8 Å². The third-order valence-electron chi connectivity index (χ3n) is 4.92. The SMILES string of the molecule is O=C(NC1CCCN(c2ccc(Br)cc2)C1=O)c1ccc(=O)n(-c2ccccc2)n1. The summed E-state index contributed by atoms with van der Waals surface area (Å²) >= 11 is 3.39. The van der Waals surface area contributed by atoms with Crippen LogP contribution in [0.5, 0.6) is 0 Å². The van der Waals surface area contributed by atoms with E-state index in [0.717, 1.165) is 16.6 Å². The highest BCUT2D eigenvalue weighted by molar-refractivity contribution is 9.10. The summed E-state index contributed by atoms with van der Waals surface area (Å²) in [5.41, 5.74) is 1.09. The van der Waals surface area contributed by atoms with Gasteiger partial charge >= 0.3 is 0 Å². The van der Waals surface area contributed by atoms with Gasteiger partial charge in [0.05, 0.1) is 5.69 Å². The number of piperidine rings is 1. The molecule has 2 heterocycles. The van der Waals surface area contributed by atoms with Crippen LogP contribution in [0, 0.1) is 0 Å². The number of benzene rings is 2. The van der Waals surface area contributed by atoms with Crippen LogP contribution in [0.15, 0.2) is 76.0 Å². The average molecular weight is 467 g/mol. The van der Waals surface area contributed by atoms with Crippen molar-refractivity contribution in [2.45, 2.75) is 18.9 Å². The Morgan fingerprint density at radius 2 is 1.70 bits per heavy atom. The van der Waals surface area contributed by atoms with Crippen LogP contribution in [0.3, 0.4) is 0 Å². The van der Waals surface area contributed by atoms with Crippen LogP contribution in [-0.4, -0.2) is 34.2 Å². The molecule has 1 aromatic heterocycles. The summed E-state index contributed by atoms with van der Waals surface area (Å²) in [5, 5.41) is 6.96. The van der Waals surface area contributed by atoms with E-state index in [1.807, 2.05) is 30.3 Å². The number of hydrogen-bond acceptors (Lipinski definition) is 4. The molecule has 1 fully saturated rings. The minimum Gasteiger partial charge on any atom is -0.339 e. The summed E-state index contributed by atoms with van der Waals surface area (Å²) in [6.45, 7) is 0.601. The summed E-state index contributed by atoms with van der Waals surface area (Å²) in [4.78, 5) is 39.6. The quantitative estimate of drug-likeness (QED) is 0.640. The Morgan fingerprint density at radius 3 is 2.43 bits per heavy atom. The molecule has 7 nitrogen and oxygen atoms in total. The number of rotatable bonds is 4. The summed E-state index contributed by atoms with van der Waals surface area (Å²) in [6, 6.07) is 18.4. The predicted octanol–water partition coefficient (Wildman–Crippen LogP) is 2.92. The number of halogens is 1. The molecule has 1 aliphatic rings. The molecule has 1 N–H and O–H groups in total. The number of hydrogen-bond donors (Lipinski definition) is 1. The van der Waals surface area contributed by atoms with Crippen molar-refractivity contribution in [1.82, 2.24) is 15.1 Å². The number of amides is 2. The molecule has 1 aliphatic heterocycles. The second-order valence-electron chi connectivity index (χ2n) is 6.94. The Hall–Kier alpha value is -3.26. The number of aromatic nitrogens is 2. The zero-order valence-electron chi connectivity index (χ0n) is 16.0.